The molecular formula is C9H16O3. The van der Waals surface area contributed by atoms with Crippen molar-refractivity contribution in [1.82, 2.24) is 0 Å². The Hall–Kier alpha value is -0.570. The number of methoxy groups -OCH3 is 1. The van der Waals surface area contributed by atoms with Crippen LogP contribution in [0.3, 0.4) is 0 Å². The summed E-state index contributed by atoms with van der Waals surface area (Å²) in [5, 5.41) is 0. The minimum absolute atomic E-state index is 0.0215. The molecule has 0 saturated heterocycles. The average molecular weight is 172 g/mol. The molecule has 1 fully saturated rings. The second-order valence-electron chi connectivity index (χ2n) is 3.67. The van der Waals surface area contributed by atoms with Crippen molar-refractivity contribution < 1.29 is 14.3 Å². The Bertz CT molecular complexity index is 171. The van der Waals surface area contributed by atoms with Gasteiger partial charge in [-0.15, -0.1) is 0 Å². The Morgan fingerprint density at radius 2 is 2.08 bits per heavy atom. The molecule has 1 rings (SSSR count). The fraction of sp³-hybridized carbons (Fsp3) is 0.889. The molecule has 0 aromatic carbocycles. The fourth-order valence-electron chi connectivity index (χ4n) is 1.17. The van der Waals surface area contributed by atoms with Crippen molar-refractivity contribution in [2.45, 2.75) is 32.8 Å². The van der Waals surface area contributed by atoms with Gasteiger partial charge in [0.2, 0.25) is 0 Å². The topological polar surface area (TPSA) is 35.5 Å². The van der Waals surface area contributed by atoms with Crippen molar-refractivity contribution in [2.75, 3.05) is 13.7 Å². The zero-order valence-electron chi connectivity index (χ0n) is 7.92. The number of hydrogen-bond donors (Lipinski definition) is 0. The van der Waals surface area contributed by atoms with Gasteiger partial charge in [-0.25, -0.2) is 0 Å². The quantitative estimate of drug-likeness (QED) is 0.601. The first kappa shape index (κ1) is 9.52. The molecule has 12 heavy (non-hydrogen) atoms. The summed E-state index contributed by atoms with van der Waals surface area (Å²) in [7, 11) is 1.61. The Labute approximate surface area is 73.0 Å². The first-order valence-electron chi connectivity index (χ1n) is 4.31. The molecule has 70 valence electrons. The third kappa shape index (κ3) is 1.97. The molecule has 1 aliphatic rings. The van der Waals surface area contributed by atoms with Gasteiger partial charge >= 0.3 is 5.97 Å². The third-order valence-corrected chi connectivity index (χ3v) is 2.05. The number of carbonyl (C=O) groups excluding carboxylic acids is 1. The highest BCUT2D eigenvalue weighted by Gasteiger charge is 2.51. The highest BCUT2D eigenvalue weighted by molar-refractivity contribution is 5.80. The Morgan fingerprint density at radius 1 is 1.50 bits per heavy atom. The largest absolute Gasteiger partial charge is 0.462 e. The van der Waals surface area contributed by atoms with Crippen molar-refractivity contribution in [2.24, 2.45) is 5.41 Å². The van der Waals surface area contributed by atoms with Crippen LogP contribution in [0, 0.1) is 5.41 Å². The molecule has 0 unspecified atom stereocenters. The summed E-state index contributed by atoms with van der Waals surface area (Å²) in [6.45, 7) is 4.22. The summed E-state index contributed by atoms with van der Waals surface area (Å²) in [6, 6.07) is 0. The van der Waals surface area contributed by atoms with E-state index >= 15 is 0 Å². The molecule has 0 amide bonds. The first-order valence-corrected chi connectivity index (χ1v) is 4.31. The van der Waals surface area contributed by atoms with Crippen LogP contribution in [-0.2, 0) is 14.3 Å². The van der Waals surface area contributed by atoms with E-state index in [9.17, 15) is 4.79 Å². The van der Waals surface area contributed by atoms with E-state index in [1.54, 1.807) is 7.11 Å². The summed E-state index contributed by atoms with van der Waals surface area (Å²) >= 11 is 0. The van der Waals surface area contributed by atoms with Gasteiger partial charge in [-0.2, -0.15) is 0 Å². The first-order chi connectivity index (χ1) is 5.60. The standard InChI is InChI=1S/C9H16O3/c1-7(2)12-8(10)9(4-5-9)6-11-3/h7H,4-6H2,1-3H3. The van der Waals surface area contributed by atoms with Crippen LogP contribution in [0.1, 0.15) is 26.7 Å². The number of carbonyl (C=O) groups is 1. The molecule has 0 aromatic heterocycles. The molecule has 1 aliphatic carbocycles. The van der Waals surface area contributed by atoms with Crippen LogP contribution in [0.15, 0.2) is 0 Å². The molecule has 3 nitrogen and oxygen atoms in total. The van der Waals surface area contributed by atoms with E-state index in [-0.39, 0.29) is 17.5 Å². The minimum atomic E-state index is -0.293. The smallest absolute Gasteiger partial charge is 0.314 e. The van der Waals surface area contributed by atoms with E-state index in [4.69, 9.17) is 9.47 Å². The van der Waals surface area contributed by atoms with Crippen molar-refractivity contribution in [3.63, 3.8) is 0 Å². The minimum Gasteiger partial charge on any atom is -0.462 e. The highest BCUT2D eigenvalue weighted by Crippen LogP contribution is 2.47. The third-order valence-electron chi connectivity index (χ3n) is 2.05. The van der Waals surface area contributed by atoms with Gasteiger partial charge in [-0.1, -0.05) is 0 Å². The van der Waals surface area contributed by atoms with E-state index in [0.29, 0.717) is 6.61 Å². The van der Waals surface area contributed by atoms with E-state index in [1.807, 2.05) is 13.8 Å². The lowest BCUT2D eigenvalue weighted by atomic mass is 10.1. The summed E-state index contributed by atoms with van der Waals surface area (Å²) in [4.78, 5) is 11.4. The van der Waals surface area contributed by atoms with Gasteiger partial charge < -0.3 is 9.47 Å². The van der Waals surface area contributed by atoms with Gasteiger partial charge in [-0.05, 0) is 26.7 Å². The predicted molar refractivity (Wildman–Crippen MR) is 44.8 cm³/mol. The molecule has 0 aromatic rings. The summed E-state index contributed by atoms with van der Waals surface area (Å²) in [5.74, 6) is -0.0978. The average Bonchev–Trinajstić information content (AvgIpc) is 2.68. The molecule has 0 radical (unpaired) electrons. The van der Waals surface area contributed by atoms with Gasteiger partial charge in [0.1, 0.15) is 0 Å². The van der Waals surface area contributed by atoms with Gasteiger partial charge in [0, 0.05) is 7.11 Å². The van der Waals surface area contributed by atoms with Crippen molar-refractivity contribution in [3.05, 3.63) is 0 Å². The maximum atomic E-state index is 11.4. The van der Waals surface area contributed by atoms with Gasteiger partial charge in [0.25, 0.3) is 0 Å². The molecule has 1 saturated carbocycles. The summed E-state index contributed by atoms with van der Waals surface area (Å²) in [5.41, 5.74) is -0.293. The van der Waals surface area contributed by atoms with Gasteiger partial charge in [-0.3, -0.25) is 4.79 Å². The molecule has 0 bridgehead atoms. The van der Waals surface area contributed by atoms with Crippen LogP contribution < -0.4 is 0 Å². The molecule has 3 heteroatoms. The molecule has 0 spiro atoms. The van der Waals surface area contributed by atoms with Crippen molar-refractivity contribution in [1.29, 1.82) is 0 Å². The number of ether oxygens (including phenoxy) is 2. The van der Waals surface area contributed by atoms with E-state index in [1.165, 1.54) is 0 Å². The summed E-state index contributed by atoms with van der Waals surface area (Å²) in [6.07, 6.45) is 1.80. The van der Waals surface area contributed by atoms with Crippen LogP contribution in [0.25, 0.3) is 0 Å². The molecular weight excluding hydrogens is 156 g/mol. The number of hydrogen-bond acceptors (Lipinski definition) is 3. The second-order valence-corrected chi connectivity index (χ2v) is 3.67. The van der Waals surface area contributed by atoms with Crippen molar-refractivity contribution >= 4 is 5.97 Å². The molecule has 0 N–H and O–H groups in total. The fourth-order valence-corrected chi connectivity index (χ4v) is 1.17. The molecule has 0 heterocycles. The van der Waals surface area contributed by atoms with E-state index in [2.05, 4.69) is 0 Å². The molecule has 0 aliphatic heterocycles. The Balaban J connectivity index is 2.40. The lowest BCUT2D eigenvalue weighted by molar-refractivity contribution is -0.156. The SMILES string of the molecule is COCC1(C(=O)OC(C)C)CC1. The highest BCUT2D eigenvalue weighted by atomic mass is 16.5. The molecule has 0 atom stereocenters. The number of esters is 1. The summed E-state index contributed by atoms with van der Waals surface area (Å²) < 4.78 is 10.1. The van der Waals surface area contributed by atoms with Crippen LogP contribution in [0.2, 0.25) is 0 Å². The normalized spacial score (nSPS) is 19.3. The Morgan fingerprint density at radius 3 is 2.42 bits per heavy atom. The van der Waals surface area contributed by atoms with Crippen LogP contribution >= 0.6 is 0 Å². The van der Waals surface area contributed by atoms with Gasteiger partial charge in [0.05, 0.1) is 18.1 Å². The zero-order valence-corrected chi connectivity index (χ0v) is 7.92. The maximum Gasteiger partial charge on any atom is 0.314 e. The second kappa shape index (κ2) is 3.44. The number of rotatable bonds is 4. The lowest BCUT2D eigenvalue weighted by Crippen LogP contribution is -2.26. The van der Waals surface area contributed by atoms with Crippen molar-refractivity contribution in [3.8, 4) is 0 Å². The monoisotopic (exact) mass is 172 g/mol. The van der Waals surface area contributed by atoms with E-state index in [0.717, 1.165) is 12.8 Å². The maximum absolute atomic E-state index is 11.4. The van der Waals surface area contributed by atoms with E-state index < -0.39 is 0 Å². The zero-order chi connectivity index (χ0) is 9.19. The van der Waals surface area contributed by atoms with Gasteiger partial charge in [0.15, 0.2) is 0 Å². The lowest BCUT2D eigenvalue weighted by Gasteiger charge is -2.15. The van der Waals surface area contributed by atoms with Crippen LogP contribution in [0.5, 0.6) is 0 Å². The van der Waals surface area contributed by atoms with Crippen LogP contribution in [-0.4, -0.2) is 25.8 Å². The van der Waals surface area contributed by atoms with Crippen LogP contribution in [0.4, 0.5) is 0 Å². The predicted octanol–water partition coefficient (Wildman–Crippen LogP) is 1.36. The Kier molecular flexibility index (Phi) is 2.73.